The normalized spacial score (nSPS) is 10.8. The van der Waals surface area contributed by atoms with E-state index < -0.39 is 0 Å². The van der Waals surface area contributed by atoms with Gasteiger partial charge in [-0.3, -0.25) is 0 Å². The van der Waals surface area contributed by atoms with Crippen molar-refractivity contribution >= 4 is 0 Å². The summed E-state index contributed by atoms with van der Waals surface area (Å²) in [5.41, 5.74) is 2.08. The molecule has 0 aliphatic rings. The molecule has 0 aliphatic heterocycles. The number of hydrogen-bond acceptors (Lipinski definition) is 1. The first-order valence-corrected chi connectivity index (χ1v) is 5.20. The average Bonchev–Trinajstić information content (AvgIpc) is 2.16. The summed E-state index contributed by atoms with van der Waals surface area (Å²) in [6.45, 7) is 7.93. The average molecular weight is 205 g/mol. The van der Waals surface area contributed by atoms with E-state index in [1.807, 2.05) is 39.8 Å². The zero-order valence-corrected chi connectivity index (χ0v) is 9.63. The van der Waals surface area contributed by atoms with Gasteiger partial charge in [0.05, 0.1) is 11.6 Å². The summed E-state index contributed by atoms with van der Waals surface area (Å²) in [4.78, 5) is 0. The molecule has 1 rings (SSSR count). The summed E-state index contributed by atoms with van der Waals surface area (Å²) in [5, 5.41) is 8.90. The van der Waals surface area contributed by atoms with Crippen molar-refractivity contribution in [2.75, 3.05) is 0 Å². The van der Waals surface area contributed by atoms with Crippen LogP contribution in [-0.2, 0) is 0 Å². The van der Waals surface area contributed by atoms with Gasteiger partial charge >= 0.3 is 0 Å². The lowest BCUT2D eigenvalue weighted by Gasteiger charge is -2.13. The largest absolute Gasteiger partial charge is 0.207 e. The predicted molar refractivity (Wildman–Crippen MR) is 59.3 cm³/mol. The van der Waals surface area contributed by atoms with Crippen LogP contribution in [0, 0.1) is 17.1 Å². The molecule has 0 atom stereocenters. The second-order valence-corrected chi connectivity index (χ2v) is 4.38. The van der Waals surface area contributed by atoms with E-state index in [1.54, 1.807) is 0 Å². The quantitative estimate of drug-likeness (QED) is 0.717. The van der Waals surface area contributed by atoms with Crippen LogP contribution >= 0.6 is 0 Å². The van der Waals surface area contributed by atoms with Crippen molar-refractivity contribution in [3.8, 4) is 6.07 Å². The molecule has 2 heteroatoms. The third-order valence-electron chi connectivity index (χ3n) is 2.53. The van der Waals surface area contributed by atoms with Gasteiger partial charge in [-0.05, 0) is 29.0 Å². The van der Waals surface area contributed by atoms with Crippen LogP contribution in [0.2, 0.25) is 0 Å². The summed E-state index contributed by atoms with van der Waals surface area (Å²) in [5.74, 6) is 0.124. The van der Waals surface area contributed by atoms with Gasteiger partial charge in [0.1, 0.15) is 5.82 Å². The van der Waals surface area contributed by atoms with Crippen LogP contribution < -0.4 is 0 Å². The second-order valence-electron chi connectivity index (χ2n) is 4.38. The molecule has 0 spiro atoms. The maximum absolute atomic E-state index is 13.6. The van der Waals surface area contributed by atoms with E-state index in [4.69, 9.17) is 5.26 Å². The zero-order valence-electron chi connectivity index (χ0n) is 9.63. The van der Waals surface area contributed by atoms with Gasteiger partial charge in [-0.1, -0.05) is 33.8 Å². The minimum atomic E-state index is -0.272. The first-order valence-electron chi connectivity index (χ1n) is 5.20. The molecule has 0 saturated heterocycles. The van der Waals surface area contributed by atoms with Gasteiger partial charge in [-0.25, -0.2) is 4.39 Å². The molecule has 0 fully saturated rings. The molecule has 0 heterocycles. The van der Waals surface area contributed by atoms with E-state index in [2.05, 4.69) is 0 Å². The van der Waals surface area contributed by atoms with Crippen molar-refractivity contribution in [3.05, 3.63) is 34.6 Å². The highest BCUT2D eigenvalue weighted by Gasteiger charge is 2.14. The van der Waals surface area contributed by atoms with Crippen molar-refractivity contribution in [1.82, 2.24) is 0 Å². The second kappa shape index (κ2) is 4.44. The Morgan fingerprint density at radius 1 is 1.07 bits per heavy atom. The van der Waals surface area contributed by atoms with Crippen molar-refractivity contribution in [1.29, 1.82) is 5.26 Å². The van der Waals surface area contributed by atoms with Gasteiger partial charge in [0.15, 0.2) is 0 Å². The first-order chi connectivity index (χ1) is 6.97. The maximum Gasteiger partial charge on any atom is 0.127 e. The molecule has 1 aromatic rings. The number of hydrogen-bond donors (Lipinski definition) is 0. The standard InChI is InChI=1S/C13H16FN/c1-8(2)11-6-12(9(3)4)13(14)5-10(11)7-15/h5-6,8-9H,1-4H3. The lowest BCUT2D eigenvalue weighted by atomic mass is 9.91. The van der Waals surface area contributed by atoms with E-state index in [-0.39, 0.29) is 17.7 Å². The summed E-state index contributed by atoms with van der Waals surface area (Å²) in [7, 11) is 0. The minimum Gasteiger partial charge on any atom is -0.207 e. The van der Waals surface area contributed by atoms with E-state index in [1.165, 1.54) is 6.07 Å². The van der Waals surface area contributed by atoms with Crippen LogP contribution in [0.15, 0.2) is 12.1 Å². The fourth-order valence-electron chi connectivity index (χ4n) is 1.62. The van der Waals surface area contributed by atoms with Gasteiger partial charge in [0.2, 0.25) is 0 Å². The number of nitrogens with zero attached hydrogens (tertiary/aromatic N) is 1. The van der Waals surface area contributed by atoms with Crippen LogP contribution in [-0.4, -0.2) is 0 Å². The number of benzene rings is 1. The van der Waals surface area contributed by atoms with Gasteiger partial charge in [-0.2, -0.15) is 5.26 Å². The molecular weight excluding hydrogens is 189 g/mol. The van der Waals surface area contributed by atoms with E-state index in [0.717, 1.165) is 5.56 Å². The highest BCUT2D eigenvalue weighted by Crippen LogP contribution is 2.26. The molecule has 1 nitrogen and oxygen atoms in total. The summed E-state index contributed by atoms with van der Waals surface area (Å²) in [6.07, 6.45) is 0. The Morgan fingerprint density at radius 2 is 1.60 bits per heavy atom. The van der Waals surface area contributed by atoms with Crippen molar-refractivity contribution in [2.24, 2.45) is 0 Å². The Morgan fingerprint density at radius 3 is 2.00 bits per heavy atom. The smallest absolute Gasteiger partial charge is 0.127 e. The van der Waals surface area contributed by atoms with Crippen LogP contribution in [0.3, 0.4) is 0 Å². The molecule has 0 bridgehead atoms. The van der Waals surface area contributed by atoms with Crippen LogP contribution in [0.25, 0.3) is 0 Å². The molecule has 0 N–H and O–H groups in total. The maximum atomic E-state index is 13.6. The highest BCUT2D eigenvalue weighted by molar-refractivity contribution is 5.43. The van der Waals surface area contributed by atoms with Crippen molar-refractivity contribution in [3.63, 3.8) is 0 Å². The number of halogens is 1. The Balaban J connectivity index is 3.39. The topological polar surface area (TPSA) is 23.8 Å². The molecule has 0 unspecified atom stereocenters. The first kappa shape index (κ1) is 11.7. The zero-order chi connectivity index (χ0) is 11.6. The van der Waals surface area contributed by atoms with E-state index in [9.17, 15) is 4.39 Å². The third-order valence-corrected chi connectivity index (χ3v) is 2.53. The fourth-order valence-corrected chi connectivity index (χ4v) is 1.62. The van der Waals surface area contributed by atoms with Crippen LogP contribution in [0.4, 0.5) is 4.39 Å². The molecule has 0 amide bonds. The summed E-state index contributed by atoms with van der Waals surface area (Å²) >= 11 is 0. The number of rotatable bonds is 2. The Hall–Kier alpha value is -1.36. The Kier molecular flexibility index (Phi) is 3.47. The highest BCUT2D eigenvalue weighted by atomic mass is 19.1. The molecular formula is C13H16FN. The lowest BCUT2D eigenvalue weighted by Crippen LogP contribution is -2.00. The fraction of sp³-hybridized carbons (Fsp3) is 0.462. The summed E-state index contributed by atoms with van der Waals surface area (Å²) < 4.78 is 13.6. The molecule has 0 radical (unpaired) electrons. The Labute approximate surface area is 90.5 Å². The van der Waals surface area contributed by atoms with Gasteiger partial charge in [0, 0.05) is 0 Å². The van der Waals surface area contributed by atoms with Crippen molar-refractivity contribution in [2.45, 2.75) is 39.5 Å². The van der Waals surface area contributed by atoms with E-state index in [0.29, 0.717) is 11.1 Å². The monoisotopic (exact) mass is 205 g/mol. The molecule has 0 aromatic heterocycles. The SMILES string of the molecule is CC(C)c1cc(C(C)C)c(C#N)cc1F. The summed E-state index contributed by atoms with van der Waals surface area (Å²) in [6, 6.07) is 5.22. The van der Waals surface area contributed by atoms with Crippen molar-refractivity contribution < 1.29 is 4.39 Å². The van der Waals surface area contributed by atoms with Gasteiger partial charge < -0.3 is 0 Å². The molecule has 0 saturated carbocycles. The lowest BCUT2D eigenvalue weighted by molar-refractivity contribution is 0.595. The minimum absolute atomic E-state index is 0.148. The number of nitriles is 1. The predicted octanol–water partition coefficient (Wildman–Crippen LogP) is 3.94. The molecule has 80 valence electrons. The van der Waals surface area contributed by atoms with Gasteiger partial charge in [0.25, 0.3) is 0 Å². The molecule has 1 aromatic carbocycles. The van der Waals surface area contributed by atoms with Crippen LogP contribution in [0.1, 0.15) is 56.2 Å². The molecule has 15 heavy (non-hydrogen) atoms. The third kappa shape index (κ3) is 2.36. The Bertz CT molecular complexity index is 400. The van der Waals surface area contributed by atoms with Gasteiger partial charge in [-0.15, -0.1) is 0 Å². The van der Waals surface area contributed by atoms with Crippen LogP contribution in [0.5, 0.6) is 0 Å². The molecule has 0 aliphatic carbocycles. The van der Waals surface area contributed by atoms with E-state index >= 15 is 0 Å².